The molecule has 0 aliphatic carbocycles. The van der Waals surface area contributed by atoms with Crippen LogP contribution in [0.15, 0.2) is 18.2 Å². The summed E-state index contributed by atoms with van der Waals surface area (Å²) in [4.78, 5) is 0. The zero-order chi connectivity index (χ0) is 16.1. The highest BCUT2D eigenvalue weighted by Crippen LogP contribution is 2.28. The van der Waals surface area contributed by atoms with Gasteiger partial charge in [0, 0.05) is 6.07 Å². The van der Waals surface area contributed by atoms with Crippen LogP contribution in [0.1, 0.15) is 40.0 Å². The van der Waals surface area contributed by atoms with E-state index in [-0.39, 0.29) is 0 Å². The fraction of sp³-hybridized carbons (Fsp3) is 0.647. The first-order chi connectivity index (χ1) is 10.0. The maximum absolute atomic E-state index is 5.77. The van der Waals surface area contributed by atoms with Crippen molar-refractivity contribution in [3.05, 3.63) is 23.2 Å². The van der Waals surface area contributed by atoms with Crippen molar-refractivity contribution in [2.45, 2.75) is 40.0 Å². The molecule has 2 nitrogen and oxygen atoms in total. The molecule has 1 aromatic carbocycles. The molecule has 122 valence electrons. The summed E-state index contributed by atoms with van der Waals surface area (Å²) in [6.45, 7) is 6.89. The second kappa shape index (κ2) is 13.2. The Morgan fingerprint density at radius 1 is 1.14 bits per heavy atom. The standard InChI is InChI=1S/C9H21P.C8H9ClO2/c1-4-5-6-7-10-8-9(2)3;1-10-6-3-4-7(9)8(5-6)11-2/h9-10H,4-8H2,1-3H3;3-5H,1-2H3. The average Bonchev–Trinajstić information content (AvgIpc) is 2.48. The SMILES string of the molecule is CCCCCPCC(C)C.COc1ccc(Cl)c(OC)c1. The first-order valence-corrected chi connectivity index (χ1v) is 9.42. The Kier molecular flexibility index (Phi) is 12.9. The number of hydrogen-bond donors (Lipinski definition) is 0. The number of unbranched alkanes of at least 4 members (excludes halogenated alkanes) is 2. The Bertz CT molecular complexity index is 370. The van der Waals surface area contributed by atoms with Crippen LogP contribution in [0.25, 0.3) is 0 Å². The van der Waals surface area contributed by atoms with Crippen LogP contribution in [0.2, 0.25) is 5.02 Å². The first kappa shape index (κ1) is 20.5. The van der Waals surface area contributed by atoms with Crippen molar-refractivity contribution in [1.29, 1.82) is 0 Å². The molecule has 0 saturated heterocycles. The molecule has 0 heterocycles. The van der Waals surface area contributed by atoms with E-state index in [1.807, 2.05) is 0 Å². The van der Waals surface area contributed by atoms with Gasteiger partial charge >= 0.3 is 0 Å². The molecule has 1 rings (SSSR count). The lowest BCUT2D eigenvalue weighted by atomic mass is 10.3. The van der Waals surface area contributed by atoms with Gasteiger partial charge in [0.05, 0.1) is 19.2 Å². The molecule has 1 aromatic rings. The number of ether oxygens (including phenoxy) is 2. The van der Waals surface area contributed by atoms with Crippen molar-refractivity contribution in [2.75, 3.05) is 26.5 Å². The van der Waals surface area contributed by atoms with Crippen molar-refractivity contribution < 1.29 is 9.47 Å². The Morgan fingerprint density at radius 3 is 2.38 bits per heavy atom. The highest BCUT2D eigenvalue weighted by atomic mass is 35.5. The molecule has 4 heteroatoms. The number of methoxy groups -OCH3 is 2. The van der Waals surface area contributed by atoms with Crippen LogP contribution in [-0.2, 0) is 0 Å². The molecular formula is C17H30ClO2P. The minimum atomic E-state index is 0.591. The van der Waals surface area contributed by atoms with Gasteiger partial charge < -0.3 is 9.47 Å². The zero-order valence-corrected chi connectivity index (χ0v) is 15.8. The van der Waals surface area contributed by atoms with Gasteiger partial charge in [-0.15, -0.1) is 8.58 Å². The monoisotopic (exact) mass is 332 g/mol. The van der Waals surface area contributed by atoms with E-state index in [9.17, 15) is 0 Å². The molecule has 0 aliphatic heterocycles. The fourth-order valence-corrected chi connectivity index (χ4v) is 3.13. The smallest absolute Gasteiger partial charge is 0.141 e. The number of rotatable bonds is 8. The highest BCUT2D eigenvalue weighted by Gasteiger charge is 2.00. The van der Waals surface area contributed by atoms with E-state index >= 15 is 0 Å². The van der Waals surface area contributed by atoms with E-state index in [0.29, 0.717) is 10.8 Å². The summed E-state index contributed by atoms with van der Waals surface area (Å²) < 4.78 is 9.95. The summed E-state index contributed by atoms with van der Waals surface area (Å²) in [6.07, 6.45) is 7.19. The van der Waals surface area contributed by atoms with Gasteiger partial charge in [0.25, 0.3) is 0 Å². The van der Waals surface area contributed by atoms with E-state index in [1.165, 1.54) is 40.2 Å². The molecule has 0 radical (unpaired) electrons. The number of hydrogen-bond acceptors (Lipinski definition) is 2. The van der Waals surface area contributed by atoms with E-state index in [4.69, 9.17) is 21.1 Å². The van der Waals surface area contributed by atoms with Gasteiger partial charge in [0.1, 0.15) is 11.5 Å². The van der Waals surface area contributed by atoms with E-state index in [1.54, 1.807) is 32.4 Å². The molecule has 0 aliphatic rings. The molecule has 0 fully saturated rings. The second-order valence-corrected chi connectivity index (χ2v) is 7.12. The van der Waals surface area contributed by atoms with Gasteiger partial charge in [-0.25, -0.2) is 0 Å². The third-order valence-electron chi connectivity index (χ3n) is 2.87. The Morgan fingerprint density at radius 2 is 1.86 bits per heavy atom. The van der Waals surface area contributed by atoms with Crippen LogP contribution in [0, 0.1) is 5.92 Å². The van der Waals surface area contributed by atoms with Crippen molar-refractivity contribution in [1.82, 2.24) is 0 Å². The van der Waals surface area contributed by atoms with Crippen LogP contribution in [-0.4, -0.2) is 26.5 Å². The summed E-state index contributed by atoms with van der Waals surface area (Å²) in [7, 11) is 4.39. The van der Waals surface area contributed by atoms with Crippen LogP contribution in [0.4, 0.5) is 0 Å². The fourth-order valence-electron chi connectivity index (χ4n) is 1.66. The van der Waals surface area contributed by atoms with Gasteiger partial charge in [0.2, 0.25) is 0 Å². The van der Waals surface area contributed by atoms with Crippen LogP contribution in [0.3, 0.4) is 0 Å². The third kappa shape index (κ3) is 10.8. The maximum Gasteiger partial charge on any atom is 0.141 e. The molecule has 1 atom stereocenters. The Labute approximate surface area is 137 Å². The topological polar surface area (TPSA) is 18.5 Å². The van der Waals surface area contributed by atoms with E-state index in [2.05, 4.69) is 20.8 Å². The van der Waals surface area contributed by atoms with Gasteiger partial charge in [-0.3, -0.25) is 0 Å². The summed E-state index contributed by atoms with van der Waals surface area (Å²) in [5.74, 6) is 2.29. The lowest BCUT2D eigenvalue weighted by Crippen LogP contribution is -1.89. The second-order valence-electron chi connectivity index (χ2n) is 5.31. The largest absolute Gasteiger partial charge is 0.497 e. The van der Waals surface area contributed by atoms with Gasteiger partial charge in [-0.05, 0) is 36.8 Å². The minimum absolute atomic E-state index is 0.591. The van der Waals surface area contributed by atoms with Crippen LogP contribution in [0.5, 0.6) is 11.5 Å². The molecule has 1 unspecified atom stereocenters. The van der Waals surface area contributed by atoms with Gasteiger partial charge in [-0.1, -0.05) is 45.2 Å². The van der Waals surface area contributed by atoms with Crippen molar-refractivity contribution in [2.24, 2.45) is 5.92 Å². The normalized spacial score (nSPS) is 10.6. The Balaban J connectivity index is 0.000000384. The van der Waals surface area contributed by atoms with Crippen molar-refractivity contribution in [3.63, 3.8) is 0 Å². The van der Waals surface area contributed by atoms with E-state index in [0.717, 1.165) is 11.7 Å². The molecule has 21 heavy (non-hydrogen) atoms. The van der Waals surface area contributed by atoms with Crippen molar-refractivity contribution >= 4 is 20.2 Å². The van der Waals surface area contributed by atoms with Crippen LogP contribution >= 0.6 is 20.2 Å². The summed E-state index contributed by atoms with van der Waals surface area (Å²) in [5.41, 5.74) is 0. The minimum Gasteiger partial charge on any atom is -0.497 e. The molecule has 0 saturated carbocycles. The average molecular weight is 333 g/mol. The molecule has 0 spiro atoms. The molecule has 0 N–H and O–H groups in total. The molecular weight excluding hydrogens is 303 g/mol. The van der Waals surface area contributed by atoms with Crippen LogP contribution < -0.4 is 9.47 Å². The third-order valence-corrected chi connectivity index (χ3v) is 4.99. The summed E-state index contributed by atoms with van der Waals surface area (Å²) >= 11 is 5.77. The van der Waals surface area contributed by atoms with E-state index < -0.39 is 0 Å². The predicted octanol–water partition coefficient (Wildman–Crippen LogP) is 5.87. The molecule has 0 bridgehead atoms. The first-order valence-electron chi connectivity index (χ1n) is 7.63. The zero-order valence-electron chi connectivity index (χ0n) is 14.0. The lowest BCUT2D eigenvalue weighted by molar-refractivity contribution is 0.394. The highest BCUT2D eigenvalue weighted by molar-refractivity contribution is 7.37. The Hall–Kier alpha value is -0.460. The molecule has 0 aromatic heterocycles. The number of halogens is 1. The maximum atomic E-state index is 5.77. The predicted molar refractivity (Wildman–Crippen MR) is 97.0 cm³/mol. The summed E-state index contributed by atoms with van der Waals surface area (Å²) in [5, 5.41) is 0.591. The quantitative estimate of drug-likeness (QED) is 0.438. The van der Waals surface area contributed by atoms with Gasteiger partial charge in [-0.2, -0.15) is 0 Å². The number of benzene rings is 1. The van der Waals surface area contributed by atoms with Crippen molar-refractivity contribution in [3.8, 4) is 11.5 Å². The summed E-state index contributed by atoms with van der Waals surface area (Å²) in [6, 6.07) is 5.26. The van der Waals surface area contributed by atoms with Gasteiger partial charge in [0.15, 0.2) is 0 Å². The lowest BCUT2D eigenvalue weighted by Gasteiger charge is -2.04. The molecule has 0 amide bonds.